The molecular weight excluding hydrogens is 452 g/mol. The predicted molar refractivity (Wildman–Crippen MR) is 146 cm³/mol. The number of thiocarbonyl (C=S) groups is 1. The van der Waals surface area contributed by atoms with Crippen molar-refractivity contribution >= 4 is 23.0 Å². The van der Waals surface area contributed by atoms with E-state index in [1.165, 1.54) is 33.8 Å². The van der Waals surface area contributed by atoms with E-state index in [2.05, 4.69) is 84.9 Å². The highest BCUT2D eigenvalue weighted by Crippen LogP contribution is 2.44. The van der Waals surface area contributed by atoms with Gasteiger partial charge in [-0.25, -0.2) is 0 Å². The van der Waals surface area contributed by atoms with Crippen molar-refractivity contribution in [1.82, 2.24) is 14.9 Å². The van der Waals surface area contributed by atoms with E-state index in [1.807, 2.05) is 30.5 Å². The molecule has 1 aliphatic rings. The van der Waals surface area contributed by atoms with Crippen LogP contribution in [-0.2, 0) is 0 Å². The highest BCUT2D eigenvalue weighted by molar-refractivity contribution is 7.80. The fourth-order valence-corrected chi connectivity index (χ4v) is 5.47. The molecule has 2 aromatic heterocycles. The standard InChI is InChI=1S/C29H30N4OS/c1-18-9-8-11-26(20(18)3)32-19(2)17-24(21(32)4)28-27(25-10-6-7-16-30-25)31-29(35)33(28)22-12-14-23(34-5)15-13-22/h6-17,27-28H,1-5H3,(H,31,35)/t27-,28-/m1/s1. The van der Waals surface area contributed by atoms with Crippen LogP contribution in [0.25, 0.3) is 5.69 Å². The van der Waals surface area contributed by atoms with Crippen LogP contribution in [0.1, 0.15) is 45.9 Å². The van der Waals surface area contributed by atoms with Gasteiger partial charge >= 0.3 is 0 Å². The van der Waals surface area contributed by atoms with E-state index in [9.17, 15) is 0 Å². The van der Waals surface area contributed by atoms with Crippen LogP contribution in [0, 0.1) is 27.7 Å². The maximum atomic E-state index is 5.90. The van der Waals surface area contributed by atoms with Crippen molar-refractivity contribution in [1.29, 1.82) is 0 Å². The lowest BCUT2D eigenvalue weighted by Crippen LogP contribution is -2.29. The summed E-state index contributed by atoms with van der Waals surface area (Å²) in [5.74, 6) is 0.817. The van der Waals surface area contributed by atoms with Gasteiger partial charge in [0.05, 0.1) is 24.9 Å². The fourth-order valence-electron chi connectivity index (χ4n) is 5.13. The normalized spacial score (nSPS) is 17.5. The highest BCUT2D eigenvalue weighted by atomic mass is 32.1. The summed E-state index contributed by atoms with van der Waals surface area (Å²) in [7, 11) is 1.68. The summed E-state index contributed by atoms with van der Waals surface area (Å²) >= 11 is 5.90. The molecule has 0 aliphatic carbocycles. The van der Waals surface area contributed by atoms with E-state index in [0.29, 0.717) is 5.11 Å². The molecule has 0 saturated carbocycles. The second-order valence-corrected chi connectivity index (χ2v) is 9.46. The lowest BCUT2D eigenvalue weighted by atomic mass is 9.96. The van der Waals surface area contributed by atoms with Crippen molar-refractivity contribution in [3.63, 3.8) is 0 Å². The number of aryl methyl sites for hydroxylation is 2. The number of hydrogen-bond donors (Lipinski definition) is 1. The fraction of sp³-hybridized carbons (Fsp3) is 0.241. The number of nitrogens with zero attached hydrogens (tertiary/aromatic N) is 3. The molecular formula is C29H30N4OS. The molecule has 1 fully saturated rings. The van der Waals surface area contributed by atoms with Crippen molar-refractivity contribution in [3.05, 3.63) is 107 Å². The van der Waals surface area contributed by atoms with E-state index in [1.54, 1.807) is 7.11 Å². The molecule has 1 saturated heterocycles. The summed E-state index contributed by atoms with van der Waals surface area (Å²) in [6, 6.07) is 22.7. The number of aromatic nitrogens is 2. The number of anilines is 1. The zero-order valence-electron chi connectivity index (χ0n) is 20.7. The number of pyridine rings is 1. The third-order valence-corrected chi connectivity index (χ3v) is 7.37. The van der Waals surface area contributed by atoms with E-state index < -0.39 is 0 Å². The molecule has 5 rings (SSSR count). The number of rotatable bonds is 5. The van der Waals surface area contributed by atoms with Gasteiger partial charge in [0.15, 0.2) is 5.11 Å². The maximum absolute atomic E-state index is 5.90. The van der Waals surface area contributed by atoms with Gasteiger partial charge in [-0.2, -0.15) is 0 Å². The molecule has 178 valence electrons. The summed E-state index contributed by atoms with van der Waals surface area (Å²) in [6.07, 6.45) is 1.84. The van der Waals surface area contributed by atoms with Gasteiger partial charge in [-0.05, 0) is 105 Å². The summed E-state index contributed by atoms with van der Waals surface area (Å²) in [5.41, 5.74) is 9.38. The van der Waals surface area contributed by atoms with E-state index in [-0.39, 0.29) is 12.1 Å². The molecule has 1 N–H and O–H groups in total. The second kappa shape index (κ2) is 9.19. The number of ether oxygens (including phenoxy) is 1. The summed E-state index contributed by atoms with van der Waals surface area (Å²) in [4.78, 5) is 6.91. The number of nitrogens with one attached hydrogen (secondary N) is 1. The molecule has 0 unspecified atom stereocenters. The zero-order chi connectivity index (χ0) is 24.7. The Hall–Kier alpha value is -3.64. The number of benzene rings is 2. The third-order valence-electron chi connectivity index (χ3n) is 7.05. The predicted octanol–water partition coefficient (Wildman–Crippen LogP) is 6.29. The molecule has 0 spiro atoms. The Labute approximate surface area is 212 Å². The van der Waals surface area contributed by atoms with Gasteiger partial charge in [0, 0.05) is 29.0 Å². The lowest BCUT2D eigenvalue weighted by molar-refractivity contribution is 0.415. The van der Waals surface area contributed by atoms with Crippen molar-refractivity contribution < 1.29 is 4.74 Å². The van der Waals surface area contributed by atoms with E-state index in [4.69, 9.17) is 21.9 Å². The zero-order valence-corrected chi connectivity index (χ0v) is 21.6. The van der Waals surface area contributed by atoms with Crippen molar-refractivity contribution in [2.24, 2.45) is 0 Å². The van der Waals surface area contributed by atoms with Crippen molar-refractivity contribution in [2.75, 3.05) is 12.0 Å². The first-order valence-electron chi connectivity index (χ1n) is 11.8. The van der Waals surface area contributed by atoms with Crippen molar-refractivity contribution in [3.8, 4) is 11.4 Å². The molecule has 4 aromatic rings. The maximum Gasteiger partial charge on any atom is 0.174 e. The Morgan fingerprint density at radius 3 is 2.40 bits per heavy atom. The first-order valence-corrected chi connectivity index (χ1v) is 12.2. The minimum absolute atomic E-state index is 0.0594. The molecule has 35 heavy (non-hydrogen) atoms. The lowest BCUT2D eigenvalue weighted by Gasteiger charge is -2.28. The quantitative estimate of drug-likeness (QED) is 0.339. The van der Waals surface area contributed by atoms with Crippen LogP contribution in [-0.4, -0.2) is 21.8 Å². The van der Waals surface area contributed by atoms with Gasteiger partial charge < -0.3 is 19.5 Å². The SMILES string of the molecule is COc1ccc(N2C(=S)N[C@H](c3ccccn3)[C@H]2c2cc(C)n(-c3cccc(C)c3C)c2C)cc1. The van der Waals surface area contributed by atoms with Crippen LogP contribution in [0.15, 0.2) is 72.9 Å². The average Bonchev–Trinajstić information content (AvgIpc) is 3.36. The summed E-state index contributed by atoms with van der Waals surface area (Å²) in [5, 5.41) is 4.25. The molecule has 0 bridgehead atoms. The Morgan fingerprint density at radius 2 is 1.71 bits per heavy atom. The van der Waals surface area contributed by atoms with Crippen LogP contribution >= 0.6 is 12.2 Å². The largest absolute Gasteiger partial charge is 0.497 e. The van der Waals surface area contributed by atoms with Crippen molar-refractivity contribution in [2.45, 2.75) is 39.8 Å². The topological polar surface area (TPSA) is 42.3 Å². The minimum Gasteiger partial charge on any atom is -0.497 e. The highest BCUT2D eigenvalue weighted by Gasteiger charge is 2.42. The molecule has 6 heteroatoms. The van der Waals surface area contributed by atoms with E-state index in [0.717, 1.165) is 17.1 Å². The first-order chi connectivity index (χ1) is 16.9. The Balaban J connectivity index is 1.68. The van der Waals surface area contributed by atoms with Gasteiger partial charge in [-0.1, -0.05) is 18.2 Å². The van der Waals surface area contributed by atoms with Crippen LogP contribution < -0.4 is 15.0 Å². The number of hydrogen-bond acceptors (Lipinski definition) is 3. The smallest absolute Gasteiger partial charge is 0.174 e. The van der Waals surface area contributed by atoms with Gasteiger partial charge in [0.1, 0.15) is 5.75 Å². The molecule has 5 nitrogen and oxygen atoms in total. The number of methoxy groups -OCH3 is 1. The molecule has 0 radical (unpaired) electrons. The monoisotopic (exact) mass is 482 g/mol. The Kier molecular flexibility index (Phi) is 6.07. The molecule has 2 atom stereocenters. The molecule has 3 heterocycles. The Morgan fingerprint density at radius 1 is 0.943 bits per heavy atom. The average molecular weight is 483 g/mol. The van der Waals surface area contributed by atoms with Crippen LogP contribution in [0.2, 0.25) is 0 Å². The third kappa shape index (κ3) is 3.98. The molecule has 0 amide bonds. The summed E-state index contributed by atoms with van der Waals surface area (Å²) < 4.78 is 7.75. The first kappa shape index (κ1) is 23.1. The van der Waals surface area contributed by atoms with Gasteiger partial charge in [-0.15, -0.1) is 0 Å². The van der Waals surface area contributed by atoms with Gasteiger partial charge in [-0.3, -0.25) is 4.98 Å². The van der Waals surface area contributed by atoms with Crippen LogP contribution in [0.4, 0.5) is 5.69 Å². The molecule has 2 aromatic carbocycles. The van der Waals surface area contributed by atoms with Crippen LogP contribution in [0.3, 0.4) is 0 Å². The van der Waals surface area contributed by atoms with Gasteiger partial charge in [0.2, 0.25) is 0 Å². The Bertz CT molecular complexity index is 1380. The minimum atomic E-state index is -0.0849. The van der Waals surface area contributed by atoms with Gasteiger partial charge in [0.25, 0.3) is 0 Å². The van der Waals surface area contributed by atoms with E-state index >= 15 is 0 Å². The second-order valence-electron chi connectivity index (χ2n) is 9.08. The summed E-state index contributed by atoms with van der Waals surface area (Å²) in [6.45, 7) is 8.73. The van der Waals surface area contributed by atoms with Crippen LogP contribution in [0.5, 0.6) is 5.75 Å². The molecule has 1 aliphatic heterocycles.